The lowest BCUT2D eigenvalue weighted by molar-refractivity contribution is 0.0710. The number of pyridine rings is 1. The highest BCUT2D eigenvalue weighted by molar-refractivity contribution is 6.05. The van der Waals surface area contributed by atoms with Crippen molar-refractivity contribution in [1.29, 1.82) is 0 Å². The average Bonchev–Trinajstić information content (AvgIpc) is 2.45. The van der Waals surface area contributed by atoms with Gasteiger partial charge in [0, 0.05) is 37.3 Å². The summed E-state index contributed by atoms with van der Waals surface area (Å²) in [6, 6.07) is 6.44. The lowest BCUT2D eigenvalue weighted by atomic mass is 10.1. The standard InChI is InChI=1S/C15H16FN3O/c1-10-9-19(6-5-17-10)15(20)13-8-12(16)7-11-3-2-4-18-14(11)13/h2-4,7-8,10,17H,5-6,9H2,1H3/t10-/m1/s1. The monoisotopic (exact) mass is 273 g/mol. The summed E-state index contributed by atoms with van der Waals surface area (Å²) < 4.78 is 13.7. The molecule has 1 aliphatic rings. The Morgan fingerprint density at radius 3 is 3.15 bits per heavy atom. The number of piperazine rings is 1. The molecule has 0 bridgehead atoms. The third-order valence-electron chi connectivity index (χ3n) is 3.56. The fourth-order valence-corrected chi connectivity index (χ4v) is 2.61. The molecule has 2 heterocycles. The van der Waals surface area contributed by atoms with Crippen LogP contribution in [0.4, 0.5) is 4.39 Å². The molecule has 0 radical (unpaired) electrons. The van der Waals surface area contributed by atoms with Crippen LogP contribution < -0.4 is 5.32 Å². The molecule has 3 rings (SSSR count). The molecule has 1 amide bonds. The minimum Gasteiger partial charge on any atom is -0.336 e. The van der Waals surface area contributed by atoms with E-state index in [1.165, 1.54) is 12.1 Å². The van der Waals surface area contributed by atoms with Gasteiger partial charge in [-0.1, -0.05) is 6.07 Å². The van der Waals surface area contributed by atoms with Gasteiger partial charge < -0.3 is 10.2 Å². The van der Waals surface area contributed by atoms with Crippen LogP contribution >= 0.6 is 0 Å². The van der Waals surface area contributed by atoms with Gasteiger partial charge in [0.2, 0.25) is 0 Å². The van der Waals surface area contributed by atoms with Crippen LogP contribution in [0.15, 0.2) is 30.5 Å². The van der Waals surface area contributed by atoms with Crippen molar-refractivity contribution in [3.05, 3.63) is 41.8 Å². The van der Waals surface area contributed by atoms with E-state index in [1.54, 1.807) is 23.2 Å². The van der Waals surface area contributed by atoms with Gasteiger partial charge in [0.25, 0.3) is 5.91 Å². The van der Waals surface area contributed by atoms with E-state index in [0.29, 0.717) is 29.6 Å². The predicted molar refractivity (Wildman–Crippen MR) is 75.1 cm³/mol. The first-order valence-electron chi connectivity index (χ1n) is 6.72. The third-order valence-corrected chi connectivity index (χ3v) is 3.56. The average molecular weight is 273 g/mol. The molecule has 1 aromatic carbocycles. The number of hydrogen-bond donors (Lipinski definition) is 1. The van der Waals surface area contributed by atoms with E-state index in [4.69, 9.17) is 0 Å². The van der Waals surface area contributed by atoms with E-state index in [0.717, 1.165) is 6.54 Å². The number of fused-ring (bicyclic) bond motifs is 1. The smallest absolute Gasteiger partial charge is 0.256 e. The highest BCUT2D eigenvalue weighted by atomic mass is 19.1. The fourth-order valence-electron chi connectivity index (χ4n) is 2.61. The van der Waals surface area contributed by atoms with Crippen LogP contribution in [0.1, 0.15) is 17.3 Å². The van der Waals surface area contributed by atoms with Crippen molar-refractivity contribution < 1.29 is 9.18 Å². The van der Waals surface area contributed by atoms with Gasteiger partial charge >= 0.3 is 0 Å². The minimum atomic E-state index is -0.406. The Labute approximate surface area is 116 Å². The second-order valence-electron chi connectivity index (χ2n) is 5.13. The topological polar surface area (TPSA) is 45.2 Å². The van der Waals surface area contributed by atoms with Crippen LogP contribution in [0.2, 0.25) is 0 Å². The van der Waals surface area contributed by atoms with Crippen LogP contribution in [0.3, 0.4) is 0 Å². The number of benzene rings is 1. The van der Waals surface area contributed by atoms with Gasteiger partial charge in [-0.2, -0.15) is 0 Å². The molecule has 0 aliphatic carbocycles. The molecule has 1 fully saturated rings. The highest BCUT2D eigenvalue weighted by Crippen LogP contribution is 2.20. The van der Waals surface area contributed by atoms with Crippen LogP contribution in [0, 0.1) is 5.82 Å². The van der Waals surface area contributed by atoms with E-state index >= 15 is 0 Å². The van der Waals surface area contributed by atoms with Crippen molar-refractivity contribution >= 4 is 16.8 Å². The molecule has 0 unspecified atom stereocenters. The number of carbonyl (C=O) groups is 1. The van der Waals surface area contributed by atoms with E-state index in [9.17, 15) is 9.18 Å². The molecule has 1 atom stereocenters. The molecule has 1 aromatic heterocycles. The molecule has 20 heavy (non-hydrogen) atoms. The van der Waals surface area contributed by atoms with Crippen molar-refractivity contribution in [2.45, 2.75) is 13.0 Å². The summed E-state index contributed by atoms with van der Waals surface area (Å²) in [5.74, 6) is -0.557. The summed E-state index contributed by atoms with van der Waals surface area (Å²) in [5.41, 5.74) is 0.903. The first-order chi connectivity index (χ1) is 9.65. The van der Waals surface area contributed by atoms with Crippen molar-refractivity contribution in [2.24, 2.45) is 0 Å². The van der Waals surface area contributed by atoms with Gasteiger partial charge in [-0.25, -0.2) is 4.39 Å². The summed E-state index contributed by atoms with van der Waals surface area (Å²) in [4.78, 5) is 18.6. The summed E-state index contributed by atoms with van der Waals surface area (Å²) in [6.07, 6.45) is 1.62. The highest BCUT2D eigenvalue weighted by Gasteiger charge is 2.23. The first kappa shape index (κ1) is 13.0. The predicted octanol–water partition coefficient (Wildman–Crippen LogP) is 1.81. The number of aromatic nitrogens is 1. The molecule has 104 valence electrons. The molecule has 0 spiro atoms. The summed E-state index contributed by atoms with van der Waals surface area (Å²) in [6.45, 7) is 4.05. The number of nitrogens with one attached hydrogen (secondary N) is 1. The van der Waals surface area contributed by atoms with Crippen molar-refractivity contribution in [3.8, 4) is 0 Å². The van der Waals surface area contributed by atoms with Gasteiger partial charge in [0.1, 0.15) is 5.82 Å². The van der Waals surface area contributed by atoms with Gasteiger partial charge in [-0.3, -0.25) is 9.78 Å². The van der Waals surface area contributed by atoms with Gasteiger partial charge in [-0.15, -0.1) is 0 Å². The largest absolute Gasteiger partial charge is 0.336 e. The second kappa shape index (κ2) is 5.17. The Morgan fingerprint density at radius 2 is 2.35 bits per heavy atom. The molecular formula is C15H16FN3O. The van der Waals surface area contributed by atoms with E-state index in [2.05, 4.69) is 10.3 Å². The SMILES string of the molecule is C[C@@H]1CN(C(=O)c2cc(F)cc3cccnc23)CCN1. The zero-order chi connectivity index (χ0) is 14.1. The van der Waals surface area contributed by atoms with Gasteiger partial charge in [-0.05, 0) is 25.1 Å². The Bertz CT molecular complexity index is 659. The lowest BCUT2D eigenvalue weighted by Gasteiger charge is -2.32. The summed E-state index contributed by atoms with van der Waals surface area (Å²) in [7, 11) is 0. The number of carbonyl (C=O) groups excluding carboxylic acids is 1. The number of nitrogens with zero attached hydrogens (tertiary/aromatic N) is 2. The molecule has 2 aromatic rings. The van der Waals surface area contributed by atoms with E-state index < -0.39 is 5.82 Å². The molecule has 1 N–H and O–H groups in total. The minimum absolute atomic E-state index is 0.151. The second-order valence-corrected chi connectivity index (χ2v) is 5.13. The quantitative estimate of drug-likeness (QED) is 0.862. The molecular weight excluding hydrogens is 257 g/mol. The van der Waals surface area contributed by atoms with Crippen LogP contribution in [0.25, 0.3) is 10.9 Å². The number of rotatable bonds is 1. The zero-order valence-electron chi connectivity index (χ0n) is 11.3. The number of amides is 1. The molecule has 1 aliphatic heterocycles. The van der Waals surface area contributed by atoms with Crippen LogP contribution in [0.5, 0.6) is 0 Å². The number of hydrogen-bond acceptors (Lipinski definition) is 3. The van der Waals surface area contributed by atoms with E-state index in [-0.39, 0.29) is 11.9 Å². The Kier molecular flexibility index (Phi) is 3.36. The maximum Gasteiger partial charge on any atom is 0.256 e. The van der Waals surface area contributed by atoms with Crippen LogP contribution in [-0.4, -0.2) is 41.5 Å². The zero-order valence-corrected chi connectivity index (χ0v) is 11.3. The van der Waals surface area contributed by atoms with Crippen molar-refractivity contribution in [2.75, 3.05) is 19.6 Å². The molecule has 1 saturated heterocycles. The van der Waals surface area contributed by atoms with Gasteiger partial charge in [0.15, 0.2) is 0 Å². The molecule has 5 heteroatoms. The van der Waals surface area contributed by atoms with Gasteiger partial charge in [0.05, 0.1) is 11.1 Å². The van der Waals surface area contributed by atoms with E-state index in [1.807, 2.05) is 6.92 Å². The maximum absolute atomic E-state index is 13.7. The molecule has 0 saturated carbocycles. The van der Waals surface area contributed by atoms with Crippen molar-refractivity contribution in [1.82, 2.24) is 15.2 Å². The van der Waals surface area contributed by atoms with Crippen molar-refractivity contribution in [3.63, 3.8) is 0 Å². The normalized spacial score (nSPS) is 19.3. The van der Waals surface area contributed by atoms with Crippen LogP contribution in [-0.2, 0) is 0 Å². The Balaban J connectivity index is 2.02. The molecule has 4 nitrogen and oxygen atoms in total. The summed E-state index contributed by atoms with van der Waals surface area (Å²) >= 11 is 0. The Hall–Kier alpha value is -2.01. The number of halogens is 1. The third kappa shape index (κ3) is 2.36. The maximum atomic E-state index is 13.7. The first-order valence-corrected chi connectivity index (χ1v) is 6.72. The Morgan fingerprint density at radius 1 is 1.50 bits per heavy atom. The lowest BCUT2D eigenvalue weighted by Crippen LogP contribution is -2.51. The fraction of sp³-hybridized carbons (Fsp3) is 0.333. The summed E-state index contributed by atoms with van der Waals surface area (Å²) in [5, 5.41) is 3.94.